The molecule has 0 aromatic heterocycles. The molecule has 0 spiro atoms. The lowest BCUT2D eigenvalue weighted by Gasteiger charge is -2.06. The summed E-state index contributed by atoms with van der Waals surface area (Å²) in [6.07, 6.45) is 1.94. The number of halogens is 1. The topological polar surface area (TPSA) is 17.1 Å². The van der Waals surface area contributed by atoms with E-state index in [1.54, 1.807) is 6.92 Å². The van der Waals surface area contributed by atoms with Gasteiger partial charge in [0, 0.05) is 10.9 Å². The van der Waals surface area contributed by atoms with Crippen LogP contribution in [0.4, 0.5) is 0 Å². The number of rotatable bonds is 1. The van der Waals surface area contributed by atoms with E-state index < -0.39 is 0 Å². The van der Waals surface area contributed by atoms with Crippen LogP contribution in [-0.4, -0.2) is 5.78 Å². The molecule has 1 aromatic carbocycles. The molecule has 0 amide bonds. The lowest BCUT2D eigenvalue weighted by Crippen LogP contribution is -2.04. The lowest BCUT2D eigenvalue weighted by atomic mass is 9.98. The van der Waals surface area contributed by atoms with E-state index in [0.717, 1.165) is 17.9 Å². The summed E-state index contributed by atoms with van der Waals surface area (Å²) >= 11 is 5.87. The highest BCUT2D eigenvalue weighted by Gasteiger charge is 2.25. The van der Waals surface area contributed by atoms with Gasteiger partial charge in [-0.15, -0.1) is 0 Å². The van der Waals surface area contributed by atoms with Crippen molar-refractivity contribution in [2.45, 2.75) is 25.7 Å². The van der Waals surface area contributed by atoms with Crippen LogP contribution in [0.5, 0.6) is 0 Å². The van der Waals surface area contributed by atoms with Gasteiger partial charge >= 0.3 is 0 Å². The van der Waals surface area contributed by atoms with Gasteiger partial charge in [0.15, 0.2) is 0 Å². The van der Waals surface area contributed by atoms with Gasteiger partial charge in [-0.05, 0) is 43.0 Å². The lowest BCUT2D eigenvalue weighted by molar-refractivity contribution is -0.118. The van der Waals surface area contributed by atoms with E-state index in [2.05, 4.69) is 0 Å². The van der Waals surface area contributed by atoms with Crippen molar-refractivity contribution < 1.29 is 4.79 Å². The minimum absolute atomic E-state index is 0.118. The van der Waals surface area contributed by atoms with Gasteiger partial charge in [-0.1, -0.05) is 17.7 Å². The smallest absolute Gasteiger partial charge is 0.137 e. The van der Waals surface area contributed by atoms with Crippen molar-refractivity contribution >= 4 is 17.4 Å². The van der Waals surface area contributed by atoms with Gasteiger partial charge < -0.3 is 0 Å². The summed E-state index contributed by atoms with van der Waals surface area (Å²) in [5.74, 6) is 0.383. The second-order valence-corrected chi connectivity index (χ2v) is 3.98. The molecule has 0 fully saturated rings. The van der Waals surface area contributed by atoms with Crippen molar-refractivity contribution in [2.24, 2.45) is 0 Å². The Balaban J connectivity index is 2.44. The SMILES string of the molecule is CC(=O)C1CCc2cc(Cl)ccc21. The Kier molecular flexibility index (Phi) is 2.12. The first kappa shape index (κ1) is 8.76. The summed E-state index contributed by atoms with van der Waals surface area (Å²) in [7, 11) is 0. The molecule has 0 saturated heterocycles. The van der Waals surface area contributed by atoms with Gasteiger partial charge in [-0.3, -0.25) is 4.79 Å². The van der Waals surface area contributed by atoms with Crippen molar-refractivity contribution in [3.05, 3.63) is 34.3 Å². The van der Waals surface area contributed by atoms with E-state index in [-0.39, 0.29) is 11.7 Å². The van der Waals surface area contributed by atoms with Crippen LogP contribution in [0.3, 0.4) is 0 Å². The summed E-state index contributed by atoms with van der Waals surface area (Å²) in [6, 6.07) is 5.82. The van der Waals surface area contributed by atoms with Crippen LogP contribution in [0.15, 0.2) is 18.2 Å². The molecule has 0 bridgehead atoms. The van der Waals surface area contributed by atoms with Crippen LogP contribution in [-0.2, 0) is 11.2 Å². The van der Waals surface area contributed by atoms with Crippen LogP contribution in [0.25, 0.3) is 0 Å². The summed E-state index contributed by atoms with van der Waals surface area (Å²) < 4.78 is 0. The molecule has 0 radical (unpaired) electrons. The van der Waals surface area contributed by atoms with E-state index in [4.69, 9.17) is 11.6 Å². The molecule has 1 aromatic rings. The van der Waals surface area contributed by atoms with Crippen molar-refractivity contribution in [1.82, 2.24) is 0 Å². The van der Waals surface area contributed by atoms with E-state index in [1.807, 2.05) is 18.2 Å². The molecule has 1 nitrogen and oxygen atoms in total. The van der Waals surface area contributed by atoms with Gasteiger partial charge in [0.2, 0.25) is 0 Å². The van der Waals surface area contributed by atoms with Crippen molar-refractivity contribution in [3.63, 3.8) is 0 Å². The normalized spacial score (nSPS) is 20.0. The number of Topliss-reactive ketones (excluding diaryl/α,β-unsaturated/α-hetero) is 1. The van der Waals surface area contributed by atoms with Crippen molar-refractivity contribution in [2.75, 3.05) is 0 Å². The molecule has 68 valence electrons. The molecule has 1 aliphatic carbocycles. The van der Waals surface area contributed by atoms with Crippen LogP contribution in [0.2, 0.25) is 5.02 Å². The van der Waals surface area contributed by atoms with E-state index >= 15 is 0 Å². The number of benzene rings is 1. The largest absolute Gasteiger partial charge is 0.299 e. The second-order valence-electron chi connectivity index (χ2n) is 3.55. The first-order chi connectivity index (χ1) is 6.18. The fourth-order valence-electron chi connectivity index (χ4n) is 2.01. The minimum atomic E-state index is 0.118. The molecular weight excluding hydrogens is 184 g/mol. The van der Waals surface area contributed by atoms with Crippen LogP contribution < -0.4 is 0 Å². The Bertz CT molecular complexity index is 357. The zero-order chi connectivity index (χ0) is 9.42. The third-order valence-electron chi connectivity index (χ3n) is 2.67. The Labute approximate surface area is 82.7 Å². The molecule has 0 aliphatic heterocycles. The number of fused-ring (bicyclic) bond motifs is 1. The average molecular weight is 195 g/mol. The third-order valence-corrected chi connectivity index (χ3v) is 2.91. The van der Waals surface area contributed by atoms with Gasteiger partial charge in [-0.2, -0.15) is 0 Å². The molecule has 1 aliphatic rings. The molecule has 1 atom stereocenters. The average Bonchev–Trinajstić information content (AvgIpc) is 2.46. The number of hydrogen-bond donors (Lipinski definition) is 0. The Morgan fingerprint density at radius 2 is 2.31 bits per heavy atom. The summed E-state index contributed by atoms with van der Waals surface area (Å²) in [6.45, 7) is 1.66. The fraction of sp³-hybridized carbons (Fsp3) is 0.364. The van der Waals surface area contributed by atoms with Crippen molar-refractivity contribution in [3.8, 4) is 0 Å². The number of carbonyl (C=O) groups excluding carboxylic acids is 1. The van der Waals surface area contributed by atoms with Crippen LogP contribution in [0, 0.1) is 0 Å². The Morgan fingerprint density at radius 1 is 1.54 bits per heavy atom. The number of hydrogen-bond acceptors (Lipinski definition) is 1. The minimum Gasteiger partial charge on any atom is -0.299 e. The highest BCUT2D eigenvalue weighted by Crippen LogP contribution is 2.34. The predicted molar refractivity (Wildman–Crippen MR) is 53.2 cm³/mol. The van der Waals surface area contributed by atoms with Crippen LogP contribution in [0.1, 0.15) is 30.4 Å². The number of ketones is 1. The quantitative estimate of drug-likeness (QED) is 0.672. The summed E-state index contributed by atoms with van der Waals surface area (Å²) in [5.41, 5.74) is 2.42. The third kappa shape index (κ3) is 1.49. The molecule has 0 saturated carbocycles. The summed E-state index contributed by atoms with van der Waals surface area (Å²) in [5, 5.41) is 0.767. The van der Waals surface area contributed by atoms with E-state index in [9.17, 15) is 4.79 Å². The van der Waals surface area contributed by atoms with E-state index in [0.29, 0.717) is 0 Å². The highest BCUT2D eigenvalue weighted by molar-refractivity contribution is 6.30. The molecule has 2 rings (SSSR count). The van der Waals surface area contributed by atoms with Crippen molar-refractivity contribution in [1.29, 1.82) is 0 Å². The second kappa shape index (κ2) is 3.15. The first-order valence-electron chi connectivity index (χ1n) is 4.47. The molecule has 2 heteroatoms. The maximum atomic E-state index is 11.3. The van der Waals surface area contributed by atoms with Gasteiger partial charge in [0.25, 0.3) is 0 Å². The number of carbonyl (C=O) groups is 1. The Morgan fingerprint density at radius 3 is 3.00 bits per heavy atom. The fourth-order valence-corrected chi connectivity index (χ4v) is 2.20. The predicted octanol–water partition coefficient (Wildman–Crippen LogP) is 2.96. The van der Waals surface area contributed by atoms with Gasteiger partial charge in [0.1, 0.15) is 5.78 Å². The highest BCUT2D eigenvalue weighted by atomic mass is 35.5. The van der Waals surface area contributed by atoms with E-state index in [1.165, 1.54) is 11.1 Å². The molecule has 0 heterocycles. The molecule has 0 N–H and O–H groups in total. The zero-order valence-electron chi connectivity index (χ0n) is 7.51. The van der Waals surface area contributed by atoms with Crippen LogP contribution >= 0.6 is 11.6 Å². The molecule has 1 unspecified atom stereocenters. The first-order valence-corrected chi connectivity index (χ1v) is 4.85. The molecule has 13 heavy (non-hydrogen) atoms. The van der Waals surface area contributed by atoms with Gasteiger partial charge in [-0.25, -0.2) is 0 Å². The monoisotopic (exact) mass is 194 g/mol. The Hall–Kier alpha value is -0.820. The van der Waals surface area contributed by atoms with Gasteiger partial charge in [0.05, 0.1) is 0 Å². The molecular formula is C11H11ClO. The maximum absolute atomic E-state index is 11.3. The standard InChI is InChI=1S/C11H11ClO/c1-7(13)10-4-2-8-6-9(12)3-5-11(8)10/h3,5-6,10H,2,4H2,1H3. The number of aryl methyl sites for hydroxylation is 1. The zero-order valence-corrected chi connectivity index (χ0v) is 8.27. The summed E-state index contributed by atoms with van der Waals surface area (Å²) in [4.78, 5) is 11.3. The maximum Gasteiger partial charge on any atom is 0.137 e.